The molecule has 1 atom stereocenters. The van der Waals surface area contributed by atoms with E-state index < -0.39 is 0 Å². The summed E-state index contributed by atoms with van der Waals surface area (Å²) in [6, 6.07) is 8.37. The molecule has 0 saturated carbocycles. The lowest BCUT2D eigenvalue weighted by Crippen LogP contribution is -2.25. The summed E-state index contributed by atoms with van der Waals surface area (Å²) in [5, 5.41) is 2.94. The lowest BCUT2D eigenvalue weighted by Gasteiger charge is -2.13. The molecule has 0 aliphatic heterocycles. The van der Waals surface area contributed by atoms with Gasteiger partial charge in [0.2, 0.25) is 5.91 Å². The SMILES string of the molecule is CCC(=O)N[C@H](C)c1ccc(SC)cc1. The van der Waals surface area contributed by atoms with Crippen LogP contribution in [-0.4, -0.2) is 12.2 Å². The Bertz CT molecular complexity index is 321. The number of rotatable bonds is 4. The van der Waals surface area contributed by atoms with Crippen molar-refractivity contribution in [3.63, 3.8) is 0 Å². The molecule has 3 heteroatoms. The maximum Gasteiger partial charge on any atom is 0.220 e. The summed E-state index contributed by atoms with van der Waals surface area (Å²) >= 11 is 1.72. The second-order valence-electron chi connectivity index (χ2n) is 3.42. The number of thioether (sulfide) groups is 1. The van der Waals surface area contributed by atoms with Gasteiger partial charge in [0, 0.05) is 11.3 Å². The van der Waals surface area contributed by atoms with Crippen molar-refractivity contribution in [2.45, 2.75) is 31.2 Å². The van der Waals surface area contributed by atoms with Gasteiger partial charge in [0.15, 0.2) is 0 Å². The zero-order valence-electron chi connectivity index (χ0n) is 9.41. The Morgan fingerprint density at radius 2 is 2.00 bits per heavy atom. The second kappa shape index (κ2) is 5.81. The first-order valence-electron chi connectivity index (χ1n) is 5.10. The third kappa shape index (κ3) is 3.59. The summed E-state index contributed by atoms with van der Waals surface area (Å²) < 4.78 is 0. The van der Waals surface area contributed by atoms with E-state index in [-0.39, 0.29) is 11.9 Å². The highest BCUT2D eigenvalue weighted by molar-refractivity contribution is 7.98. The van der Waals surface area contributed by atoms with E-state index in [9.17, 15) is 4.79 Å². The summed E-state index contributed by atoms with van der Waals surface area (Å²) in [6.45, 7) is 3.86. The van der Waals surface area contributed by atoms with E-state index in [0.29, 0.717) is 6.42 Å². The highest BCUT2D eigenvalue weighted by Gasteiger charge is 2.07. The molecule has 1 amide bonds. The molecule has 0 bridgehead atoms. The van der Waals surface area contributed by atoms with Gasteiger partial charge in [-0.25, -0.2) is 0 Å². The number of hydrogen-bond acceptors (Lipinski definition) is 2. The standard InChI is InChI=1S/C12H17NOS/c1-4-12(14)13-9(2)10-5-7-11(15-3)8-6-10/h5-9H,4H2,1-3H3,(H,13,14)/t9-/m1/s1. The van der Waals surface area contributed by atoms with Gasteiger partial charge < -0.3 is 5.32 Å². The van der Waals surface area contributed by atoms with E-state index in [1.165, 1.54) is 4.90 Å². The van der Waals surface area contributed by atoms with Crippen LogP contribution in [0.2, 0.25) is 0 Å². The van der Waals surface area contributed by atoms with Gasteiger partial charge in [-0.15, -0.1) is 11.8 Å². The summed E-state index contributed by atoms with van der Waals surface area (Å²) in [4.78, 5) is 12.4. The van der Waals surface area contributed by atoms with Crippen LogP contribution in [0.1, 0.15) is 31.9 Å². The van der Waals surface area contributed by atoms with Gasteiger partial charge in [0.1, 0.15) is 0 Å². The highest BCUT2D eigenvalue weighted by Crippen LogP contribution is 2.18. The molecule has 2 nitrogen and oxygen atoms in total. The molecule has 0 aliphatic carbocycles. The fourth-order valence-electron chi connectivity index (χ4n) is 1.32. The summed E-state index contributed by atoms with van der Waals surface area (Å²) in [7, 11) is 0. The Morgan fingerprint density at radius 1 is 1.40 bits per heavy atom. The molecule has 15 heavy (non-hydrogen) atoms. The predicted octanol–water partition coefficient (Wildman–Crippen LogP) is 3.00. The van der Waals surface area contributed by atoms with Gasteiger partial charge in [-0.05, 0) is 30.9 Å². The zero-order chi connectivity index (χ0) is 11.3. The van der Waals surface area contributed by atoms with E-state index in [0.717, 1.165) is 5.56 Å². The van der Waals surface area contributed by atoms with Crippen LogP contribution in [0.5, 0.6) is 0 Å². The van der Waals surface area contributed by atoms with Gasteiger partial charge in [-0.1, -0.05) is 19.1 Å². The highest BCUT2D eigenvalue weighted by atomic mass is 32.2. The Balaban J connectivity index is 2.65. The molecular weight excluding hydrogens is 206 g/mol. The Morgan fingerprint density at radius 3 is 2.47 bits per heavy atom. The molecule has 1 N–H and O–H groups in total. The zero-order valence-corrected chi connectivity index (χ0v) is 10.2. The van der Waals surface area contributed by atoms with Crippen molar-refractivity contribution in [1.29, 1.82) is 0 Å². The second-order valence-corrected chi connectivity index (χ2v) is 4.30. The number of carbonyl (C=O) groups excluding carboxylic acids is 1. The summed E-state index contributed by atoms with van der Waals surface area (Å²) in [5.41, 5.74) is 1.15. The van der Waals surface area contributed by atoms with E-state index >= 15 is 0 Å². The smallest absolute Gasteiger partial charge is 0.220 e. The van der Waals surface area contributed by atoms with Crippen molar-refractivity contribution < 1.29 is 4.79 Å². The molecule has 0 heterocycles. The van der Waals surface area contributed by atoms with Crippen LogP contribution in [-0.2, 0) is 4.79 Å². The van der Waals surface area contributed by atoms with Crippen molar-refractivity contribution in [1.82, 2.24) is 5.32 Å². The van der Waals surface area contributed by atoms with Crippen molar-refractivity contribution in [3.05, 3.63) is 29.8 Å². The van der Waals surface area contributed by atoms with Gasteiger partial charge in [0.25, 0.3) is 0 Å². The van der Waals surface area contributed by atoms with E-state index in [4.69, 9.17) is 0 Å². The van der Waals surface area contributed by atoms with Crippen LogP contribution < -0.4 is 5.32 Å². The van der Waals surface area contributed by atoms with Crippen LogP contribution in [0.15, 0.2) is 29.2 Å². The number of amides is 1. The number of hydrogen-bond donors (Lipinski definition) is 1. The molecule has 0 saturated heterocycles. The van der Waals surface area contributed by atoms with Gasteiger partial charge in [-0.3, -0.25) is 4.79 Å². The molecular formula is C12H17NOS. The van der Waals surface area contributed by atoms with Gasteiger partial charge in [0.05, 0.1) is 6.04 Å². The molecule has 0 fully saturated rings. The molecule has 1 aromatic rings. The first kappa shape index (κ1) is 12.1. The van der Waals surface area contributed by atoms with Crippen molar-refractivity contribution >= 4 is 17.7 Å². The molecule has 0 spiro atoms. The van der Waals surface area contributed by atoms with Crippen LogP contribution in [0.25, 0.3) is 0 Å². The molecule has 1 rings (SSSR count). The molecule has 0 unspecified atom stereocenters. The van der Waals surface area contributed by atoms with Crippen LogP contribution >= 0.6 is 11.8 Å². The van der Waals surface area contributed by atoms with Gasteiger partial charge >= 0.3 is 0 Å². The van der Waals surface area contributed by atoms with E-state index in [2.05, 4.69) is 35.8 Å². The lowest BCUT2D eigenvalue weighted by molar-refractivity contribution is -0.121. The minimum absolute atomic E-state index is 0.0911. The lowest BCUT2D eigenvalue weighted by atomic mass is 10.1. The Labute approximate surface area is 95.5 Å². The van der Waals surface area contributed by atoms with Crippen molar-refractivity contribution in [2.24, 2.45) is 0 Å². The van der Waals surface area contributed by atoms with Crippen molar-refractivity contribution in [2.75, 3.05) is 6.26 Å². The largest absolute Gasteiger partial charge is 0.350 e. The van der Waals surface area contributed by atoms with E-state index in [1.54, 1.807) is 11.8 Å². The predicted molar refractivity (Wildman–Crippen MR) is 65.1 cm³/mol. The molecule has 0 aromatic heterocycles. The van der Waals surface area contributed by atoms with E-state index in [1.807, 2.05) is 13.8 Å². The summed E-state index contributed by atoms with van der Waals surface area (Å²) in [6.07, 6.45) is 2.59. The third-order valence-electron chi connectivity index (χ3n) is 2.31. The van der Waals surface area contributed by atoms with Crippen LogP contribution in [0, 0.1) is 0 Å². The van der Waals surface area contributed by atoms with Crippen molar-refractivity contribution in [3.8, 4) is 0 Å². The molecule has 0 aliphatic rings. The number of nitrogens with one attached hydrogen (secondary N) is 1. The molecule has 0 radical (unpaired) electrons. The van der Waals surface area contributed by atoms with Gasteiger partial charge in [-0.2, -0.15) is 0 Å². The summed E-state index contributed by atoms with van der Waals surface area (Å²) in [5.74, 6) is 0.0939. The minimum Gasteiger partial charge on any atom is -0.350 e. The number of benzene rings is 1. The third-order valence-corrected chi connectivity index (χ3v) is 3.06. The maximum atomic E-state index is 11.2. The van der Waals surface area contributed by atoms with Crippen LogP contribution in [0.3, 0.4) is 0 Å². The fraction of sp³-hybridized carbons (Fsp3) is 0.417. The molecule has 82 valence electrons. The Hall–Kier alpha value is -0.960. The first-order valence-corrected chi connectivity index (χ1v) is 6.33. The average Bonchev–Trinajstić information content (AvgIpc) is 2.29. The molecule has 1 aromatic carbocycles. The Kier molecular flexibility index (Phi) is 4.69. The monoisotopic (exact) mass is 223 g/mol. The average molecular weight is 223 g/mol. The first-order chi connectivity index (χ1) is 7.17. The quantitative estimate of drug-likeness (QED) is 0.795. The normalized spacial score (nSPS) is 12.2. The minimum atomic E-state index is 0.0911. The maximum absolute atomic E-state index is 11.2. The number of carbonyl (C=O) groups is 1. The van der Waals surface area contributed by atoms with Crippen LogP contribution in [0.4, 0.5) is 0 Å². The topological polar surface area (TPSA) is 29.1 Å². The fourth-order valence-corrected chi connectivity index (χ4v) is 1.73.